The van der Waals surface area contributed by atoms with E-state index in [1.807, 2.05) is 55.6 Å². The normalized spacial score (nSPS) is 14.8. The van der Waals surface area contributed by atoms with Gasteiger partial charge in [-0.1, -0.05) is 56.3 Å². The zero-order valence-corrected chi connectivity index (χ0v) is 19.1. The van der Waals surface area contributed by atoms with Gasteiger partial charge in [-0.15, -0.1) is 11.3 Å². The maximum atomic E-state index is 12.4. The summed E-state index contributed by atoms with van der Waals surface area (Å²) in [4.78, 5) is 14.4. The summed E-state index contributed by atoms with van der Waals surface area (Å²) in [5.41, 5.74) is 4.57. The molecule has 1 aliphatic carbocycles. The van der Waals surface area contributed by atoms with Crippen molar-refractivity contribution >= 4 is 17.3 Å². The van der Waals surface area contributed by atoms with Crippen LogP contribution in [0.3, 0.4) is 0 Å². The third kappa shape index (κ3) is 4.53. The van der Waals surface area contributed by atoms with Crippen molar-refractivity contribution in [3.63, 3.8) is 0 Å². The van der Waals surface area contributed by atoms with Crippen LogP contribution in [-0.4, -0.2) is 18.1 Å². The average molecular weight is 436 g/mol. The van der Waals surface area contributed by atoms with Crippen molar-refractivity contribution in [3.8, 4) is 16.2 Å². The summed E-state index contributed by atoms with van der Waals surface area (Å²) in [6, 6.07) is 16.1. The number of carboxylic acid groups (broad SMARTS) is 1. The van der Waals surface area contributed by atoms with Crippen molar-refractivity contribution < 1.29 is 14.6 Å². The molecule has 0 saturated carbocycles. The lowest BCUT2D eigenvalue weighted by Crippen LogP contribution is -2.22. The van der Waals surface area contributed by atoms with Crippen molar-refractivity contribution in [2.75, 3.05) is 7.05 Å². The number of carboxylic acids is 1. The fourth-order valence-electron chi connectivity index (χ4n) is 4.33. The van der Waals surface area contributed by atoms with Crippen molar-refractivity contribution in [2.24, 2.45) is 5.41 Å². The molecule has 4 rings (SSSR count). The van der Waals surface area contributed by atoms with Gasteiger partial charge < -0.3 is 15.2 Å². The fraction of sp³-hybridized carbons (Fsp3) is 0.346. The Hall–Kier alpha value is -2.63. The standard InChI is InChI=1S/C26H29NO3S/c1-26(2)13-12-21-20(14-26)22(25(28)29)24(31-21)19-11-7-10-18(15-27-3)23(19)30-16-17-8-5-4-6-9-17/h4-11,27H,12-16H2,1-3H3,(H,28,29). The maximum absolute atomic E-state index is 12.4. The first kappa shape index (κ1) is 21.6. The van der Waals surface area contributed by atoms with Gasteiger partial charge in [0.1, 0.15) is 12.4 Å². The number of para-hydroxylation sites is 1. The summed E-state index contributed by atoms with van der Waals surface area (Å²) in [7, 11) is 1.91. The summed E-state index contributed by atoms with van der Waals surface area (Å²) >= 11 is 1.63. The van der Waals surface area contributed by atoms with Crippen LogP contribution < -0.4 is 10.1 Å². The molecule has 0 bridgehead atoms. The van der Waals surface area contributed by atoms with Gasteiger partial charge in [0, 0.05) is 22.5 Å². The minimum Gasteiger partial charge on any atom is -0.488 e. The van der Waals surface area contributed by atoms with Crippen molar-refractivity contribution in [2.45, 2.75) is 46.3 Å². The van der Waals surface area contributed by atoms with Gasteiger partial charge in [0.05, 0.1) is 10.4 Å². The molecule has 3 aromatic rings. The van der Waals surface area contributed by atoms with E-state index in [4.69, 9.17) is 4.74 Å². The van der Waals surface area contributed by atoms with E-state index in [1.54, 1.807) is 11.3 Å². The van der Waals surface area contributed by atoms with Crippen molar-refractivity contribution in [3.05, 3.63) is 75.7 Å². The van der Waals surface area contributed by atoms with Crippen LogP contribution in [-0.2, 0) is 26.0 Å². The van der Waals surface area contributed by atoms with Gasteiger partial charge in [0.25, 0.3) is 0 Å². The topological polar surface area (TPSA) is 58.6 Å². The molecule has 1 heterocycles. The van der Waals surface area contributed by atoms with Gasteiger partial charge in [-0.05, 0) is 48.9 Å². The highest BCUT2D eigenvalue weighted by molar-refractivity contribution is 7.16. The number of ether oxygens (including phenoxy) is 1. The largest absolute Gasteiger partial charge is 0.488 e. The smallest absolute Gasteiger partial charge is 0.337 e. The minimum absolute atomic E-state index is 0.121. The van der Waals surface area contributed by atoms with E-state index in [2.05, 4.69) is 19.2 Å². The molecule has 2 aromatic carbocycles. The van der Waals surface area contributed by atoms with Gasteiger partial charge in [0.15, 0.2) is 0 Å². The van der Waals surface area contributed by atoms with Gasteiger partial charge in [-0.25, -0.2) is 4.79 Å². The Kier molecular flexibility index (Phi) is 6.17. The number of aromatic carboxylic acids is 1. The first-order valence-electron chi connectivity index (χ1n) is 10.7. The predicted octanol–water partition coefficient (Wildman–Crippen LogP) is 5.93. The van der Waals surface area contributed by atoms with Crippen LogP contribution in [0.25, 0.3) is 10.4 Å². The van der Waals surface area contributed by atoms with Crippen LogP contribution in [0.1, 0.15) is 52.2 Å². The predicted molar refractivity (Wildman–Crippen MR) is 126 cm³/mol. The Balaban J connectivity index is 1.82. The van der Waals surface area contributed by atoms with E-state index in [0.717, 1.165) is 52.1 Å². The lowest BCUT2D eigenvalue weighted by atomic mass is 9.76. The number of aryl methyl sites for hydroxylation is 1. The quantitative estimate of drug-likeness (QED) is 0.483. The third-order valence-electron chi connectivity index (χ3n) is 5.92. The number of hydrogen-bond acceptors (Lipinski definition) is 4. The summed E-state index contributed by atoms with van der Waals surface area (Å²) in [5.74, 6) is -0.0840. The van der Waals surface area contributed by atoms with Gasteiger partial charge >= 0.3 is 5.97 Å². The van der Waals surface area contributed by atoms with E-state index in [-0.39, 0.29) is 5.41 Å². The molecule has 4 nitrogen and oxygen atoms in total. The molecule has 1 aromatic heterocycles. The number of nitrogens with one attached hydrogen (secondary N) is 1. The highest BCUT2D eigenvalue weighted by atomic mass is 32.1. The van der Waals surface area contributed by atoms with E-state index >= 15 is 0 Å². The Morgan fingerprint density at radius 3 is 2.65 bits per heavy atom. The molecule has 5 heteroatoms. The van der Waals surface area contributed by atoms with Gasteiger partial charge in [-0.3, -0.25) is 0 Å². The van der Waals surface area contributed by atoms with Crippen molar-refractivity contribution in [1.82, 2.24) is 5.32 Å². The lowest BCUT2D eigenvalue weighted by molar-refractivity contribution is 0.0696. The first-order valence-corrected chi connectivity index (χ1v) is 11.5. The zero-order chi connectivity index (χ0) is 22.0. The van der Waals surface area contributed by atoms with E-state index < -0.39 is 5.97 Å². The second-order valence-corrected chi connectivity index (χ2v) is 10.1. The average Bonchev–Trinajstić information content (AvgIpc) is 3.11. The maximum Gasteiger partial charge on any atom is 0.337 e. The molecule has 0 atom stereocenters. The van der Waals surface area contributed by atoms with Crippen LogP contribution >= 0.6 is 11.3 Å². The molecule has 2 N–H and O–H groups in total. The van der Waals surface area contributed by atoms with E-state index in [9.17, 15) is 9.90 Å². The number of rotatable bonds is 7. The summed E-state index contributed by atoms with van der Waals surface area (Å²) in [6.07, 6.45) is 2.82. The third-order valence-corrected chi connectivity index (χ3v) is 7.25. The Bertz CT molecular complexity index is 1090. The molecule has 0 saturated heterocycles. The minimum atomic E-state index is -0.849. The second-order valence-electron chi connectivity index (χ2n) is 8.95. The number of benzene rings is 2. The number of fused-ring (bicyclic) bond motifs is 1. The first-order chi connectivity index (χ1) is 14.9. The molecule has 0 spiro atoms. The van der Waals surface area contributed by atoms with Gasteiger partial charge in [-0.2, -0.15) is 0 Å². The van der Waals surface area contributed by atoms with Gasteiger partial charge in [0.2, 0.25) is 0 Å². The molecular weight excluding hydrogens is 406 g/mol. The van der Waals surface area contributed by atoms with E-state index in [1.165, 1.54) is 4.88 Å². The fourth-order valence-corrected chi connectivity index (χ4v) is 5.66. The molecule has 0 aliphatic heterocycles. The molecular formula is C26H29NO3S. The monoisotopic (exact) mass is 435 g/mol. The Morgan fingerprint density at radius 2 is 1.94 bits per heavy atom. The SMILES string of the molecule is CNCc1cccc(-c2sc3c(c2C(=O)O)CC(C)(C)CC3)c1OCc1ccccc1. The molecule has 0 amide bonds. The van der Waals surface area contributed by atoms with Crippen LogP contribution in [0.15, 0.2) is 48.5 Å². The van der Waals surface area contributed by atoms with E-state index in [0.29, 0.717) is 18.7 Å². The van der Waals surface area contributed by atoms with Crippen molar-refractivity contribution in [1.29, 1.82) is 0 Å². The summed E-state index contributed by atoms with van der Waals surface area (Å²) in [6.45, 7) is 5.54. The number of thiophene rings is 1. The Morgan fingerprint density at radius 1 is 1.16 bits per heavy atom. The molecule has 1 aliphatic rings. The van der Waals surface area contributed by atoms with Crippen LogP contribution in [0.5, 0.6) is 5.75 Å². The highest BCUT2D eigenvalue weighted by Gasteiger charge is 2.33. The molecule has 0 unspecified atom stereocenters. The number of carbonyl (C=O) groups is 1. The highest BCUT2D eigenvalue weighted by Crippen LogP contribution is 2.47. The molecule has 0 radical (unpaired) electrons. The van der Waals surface area contributed by atoms with Crippen LogP contribution in [0.2, 0.25) is 0 Å². The van der Waals surface area contributed by atoms with Crippen LogP contribution in [0.4, 0.5) is 0 Å². The molecule has 0 fully saturated rings. The lowest BCUT2D eigenvalue weighted by Gasteiger charge is -2.29. The summed E-state index contributed by atoms with van der Waals surface area (Å²) < 4.78 is 6.34. The second kappa shape index (κ2) is 8.85. The summed E-state index contributed by atoms with van der Waals surface area (Å²) in [5, 5.41) is 13.4. The van der Waals surface area contributed by atoms with Crippen LogP contribution in [0, 0.1) is 5.41 Å². The Labute approximate surface area is 187 Å². The molecule has 31 heavy (non-hydrogen) atoms. The molecule has 162 valence electrons. The number of hydrogen-bond donors (Lipinski definition) is 2. The zero-order valence-electron chi connectivity index (χ0n) is 18.3.